The first-order valence-electron chi connectivity index (χ1n) is 8.81. The van der Waals surface area contributed by atoms with Crippen LogP contribution in [0.15, 0.2) is 52.4 Å². The van der Waals surface area contributed by atoms with Crippen LogP contribution in [0.4, 0.5) is 5.69 Å². The molecule has 2 aromatic rings. The number of amides is 1. The molecule has 0 saturated heterocycles. The Hall–Kier alpha value is -2.31. The van der Waals surface area contributed by atoms with Gasteiger partial charge in [0.2, 0.25) is 5.91 Å². The third-order valence-electron chi connectivity index (χ3n) is 4.06. The predicted molar refractivity (Wildman–Crippen MR) is 118 cm³/mol. The highest BCUT2D eigenvalue weighted by Gasteiger charge is 2.28. The van der Waals surface area contributed by atoms with Crippen LogP contribution in [0.3, 0.4) is 0 Å². The van der Waals surface area contributed by atoms with Gasteiger partial charge in [-0.15, -0.1) is 0 Å². The number of hydrogen-bond acceptors (Lipinski definition) is 5. The fourth-order valence-corrected chi connectivity index (χ4v) is 3.91. The second-order valence-electron chi connectivity index (χ2n) is 6.92. The quantitative estimate of drug-likeness (QED) is 0.750. The van der Waals surface area contributed by atoms with Crippen LogP contribution in [-0.4, -0.2) is 35.2 Å². The Balaban J connectivity index is 1.67. The molecule has 1 amide bonds. The fourth-order valence-electron chi connectivity index (χ4n) is 2.72. The summed E-state index contributed by atoms with van der Waals surface area (Å²) in [6.07, 6.45) is 0. The van der Waals surface area contributed by atoms with Crippen molar-refractivity contribution in [3.05, 3.63) is 58.6 Å². The first-order valence-corrected chi connectivity index (χ1v) is 10.2. The maximum Gasteiger partial charge on any atom is 0.234 e. The maximum absolute atomic E-state index is 12.4. The van der Waals surface area contributed by atoms with Crippen molar-refractivity contribution in [2.24, 2.45) is 9.98 Å². The monoisotopic (exact) mass is 415 g/mol. The molecule has 2 aromatic carbocycles. The standard InChI is InChI=1S/C21H22ClN3O2S/c1-13-5-7-14(8-6-13)19-20(25-21(2,3)24-19)28-12-18(26)23-15-9-10-17(27-4)16(22)11-15/h5-11H,12H2,1-4H3,(H,23,26). The number of aliphatic imine (C=N–C) groups is 2. The highest BCUT2D eigenvalue weighted by Crippen LogP contribution is 2.28. The first-order chi connectivity index (χ1) is 13.3. The van der Waals surface area contributed by atoms with Crippen LogP contribution in [0.5, 0.6) is 5.75 Å². The molecule has 1 aliphatic rings. The molecule has 7 heteroatoms. The summed E-state index contributed by atoms with van der Waals surface area (Å²) in [5.74, 6) is 0.654. The van der Waals surface area contributed by atoms with Crippen molar-refractivity contribution < 1.29 is 9.53 Å². The van der Waals surface area contributed by atoms with E-state index in [1.54, 1.807) is 25.3 Å². The highest BCUT2D eigenvalue weighted by atomic mass is 35.5. The van der Waals surface area contributed by atoms with Gasteiger partial charge in [-0.05, 0) is 39.0 Å². The van der Waals surface area contributed by atoms with Crippen molar-refractivity contribution in [2.45, 2.75) is 26.4 Å². The van der Waals surface area contributed by atoms with Crippen LogP contribution >= 0.6 is 23.4 Å². The molecule has 0 unspecified atom stereocenters. The molecule has 0 spiro atoms. The third-order valence-corrected chi connectivity index (χ3v) is 5.32. The van der Waals surface area contributed by atoms with Gasteiger partial charge in [0, 0.05) is 11.3 Å². The van der Waals surface area contributed by atoms with Gasteiger partial charge in [-0.3, -0.25) is 9.79 Å². The lowest BCUT2D eigenvalue weighted by Gasteiger charge is -2.09. The van der Waals surface area contributed by atoms with E-state index in [2.05, 4.69) is 10.3 Å². The van der Waals surface area contributed by atoms with Gasteiger partial charge in [-0.2, -0.15) is 0 Å². The van der Waals surface area contributed by atoms with Crippen LogP contribution in [0, 0.1) is 6.92 Å². The Morgan fingerprint density at radius 2 is 1.89 bits per heavy atom. The van der Waals surface area contributed by atoms with Crippen molar-refractivity contribution in [1.29, 1.82) is 0 Å². The molecule has 0 fully saturated rings. The Morgan fingerprint density at radius 3 is 2.54 bits per heavy atom. The number of rotatable bonds is 5. The normalized spacial score (nSPS) is 15.0. The van der Waals surface area contributed by atoms with Gasteiger partial charge < -0.3 is 10.1 Å². The number of aryl methyl sites for hydroxylation is 1. The zero-order valence-corrected chi connectivity index (χ0v) is 17.8. The summed E-state index contributed by atoms with van der Waals surface area (Å²) < 4.78 is 5.12. The number of carbonyl (C=O) groups is 1. The Morgan fingerprint density at radius 1 is 1.18 bits per heavy atom. The van der Waals surface area contributed by atoms with Gasteiger partial charge in [0.15, 0.2) is 0 Å². The maximum atomic E-state index is 12.4. The minimum absolute atomic E-state index is 0.137. The molecule has 5 nitrogen and oxygen atoms in total. The van der Waals surface area contributed by atoms with Crippen molar-refractivity contribution in [1.82, 2.24) is 0 Å². The Kier molecular flexibility index (Phi) is 6.10. The third kappa shape index (κ3) is 4.94. The van der Waals surface area contributed by atoms with E-state index >= 15 is 0 Å². The van der Waals surface area contributed by atoms with Gasteiger partial charge in [-0.1, -0.05) is 53.2 Å². The minimum Gasteiger partial charge on any atom is -0.495 e. The van der Waals surface area contributed by atoms with E-state index in [1.165, 1.54) is 17.3 Å². The van der Waals surface area contributed by atoms with Gasteiger partial charge in [0.1, 0.15) is 16.5 Å². The molecular weight excluding hydrogens is 394 g/mol. The zero-order chi connectivity index (χ0) is 20.3. The molecule has 0 saturated carbocycles. The second-order valence-corrected chi connectivity index (χ2v) is 8.30. The van der Waals surface area contributed by atoms with Crippen LogP contribution in [0.25, 0.3) is 0 Å². The number of thioether (sulfide) groups is 1. The van der Waals surface area contributed by atoms with E-state index < -0.39 is 5.66 Å². The average Bonchev–Trinajstić information content (AvgIpc) is 2.95. The molecule has 1 heterocycles. The van der Waals surface area contributed by atoms with E-state index in [0.29, 0.717) is 16.5 Å². The zero-order valence-electron chi connectivity index (χ0n) is 16.2. The van der Waals surface area contributed by atoms with E-state index in [1.807, 2.05) is 45.0 Å². The summed E-state index contributed by atoms with van der Waals surface area (Å²) in [6, 6.07) is 13.3. The SMILES string of the molecule is COc1ccc(NC(=O)CSC2=NC(C)(C)N=C2c2ccc(C)cc2)cc1Cl. The van der Waals surface area contributed by atoms with Crippen molar-refractivity contribution >= 4 is 45.7 Å². The molecule has 0 aromatic heterocycles. The molecule has 0 bridgehead atoms. The van der Waals surface area contributed by atoms with E-state index in [0.717, 1.165) is 16.3 Å². The average molecular weight is 416 g/mol. The summed E-state index contributed by atoms with van der Waals surface area (Å²) in [7, 11) is 1.55. The summed E-state index contributed by atoms with van der Waals surface area (Å²) >= 11 is 7.49. The second kappa shape index (κ2) is 8.37. The molecule has 0 atom stereocenters. The van der Waals surface area contributed by atoms with Gasteiger partial charge in [0.25, 0.3) is 0 Å². The van der Waals surface area contributed by atoms with Gasteiger partial charge in [-0.25, -0.2) is 4.99 Å². The minimum atomic E-state index is -0.525. The number of hydrogen-bond donors (Lipinski definition) is 1. The fraction of sp³-hybridized carbons (Fsp3) is 0.286. The topological polar surface area (TPSA) is 63.0 Å². The number of carbonyl (C=O) groups excluding carboxylic acids is 1. The molecule has 0 radical (unpaired) electrons. The summed E-state index contributed by atoms with van der Waals surface area (Å²) in [5.41, 5.74) is 3.12. The smallest absolute Gasteiger partial charge is 0.234 e. The summed E-state index contributed by atoms with van der Waals surface area (Å²) in [4.78, 5) is 21.8. The highest BCUT2D eigenvalue weighted by molar-refractivity contribution is 8.16. The molecular formula is C21H22ClN3O2S. The lowest BCUT2D eigenvalue weighted by atomic mass is 10.1. The molecule has 28 heavy (non-hydrogen) atoms. The lowest BCUT2D eigenvalue weighted by Crippen LogP contribution is -2.17. The van der Waals surface area contributed by atoms with E-state index in [4.69, 9.17) is 21.3 Å². The summed E-state index contributed by atoms with van der Waals surface area (Å²) in [6.45, 7) is 5.95. The number of anilines is 1. The van der Waals surface area contributed by atoms with E-state index in [-0.39, 0.29) is 11.7 Å². The molecule has 146 valence electrons. The summed E-state index contributed by atoms with van der Waals surface area (Å²) in [5, 5.41) is 4.07. The molecule has 1 N–H and O–H groups in total. The Bertz CT molecular complexity index is 953. The number of ether oxygens (including phenoxy) is 1. The van der Waals surface area contributed by atoms with E-state index in [9.17, 15) is 4.79 Å². The number of methoxy groups -OCH3 is 1. The van der Waals surface area contributed by atoms with Gasteiger partial charge >= 0.3 is 0 Å². The van der Waals surface area contributed by atoms with Crippen molar-refractivity contribution in [2.75, 3.05) is 18.2 Å². The van der Waals surface area contributed by atoms with Crippen LogP contribution in [0.2, 0.25) is 5.02 Å². The van der Waals surface area contributed by atoms with Crippen LogP contribution in [-0.2, 0) is 4.79 Å². The van der Waals surface area contributed by atoms with Crippen molar-refractivity contribution in [3.63, 3.8) is 0 Å². The Labute approximate surface area is 174 Å². The van der Waals surface area contributed by atoms with Gasteiger partial charge in [0.05, 0.1) is 23.6 Å². The lowest BCUT2D eigenvalue weighted by molar-refractivity contribution is -0.113. The molecule has 1 aliphatic heterocycles. The largest absolute Gasteiger partial charge is 0.495 e. The van der Waals surface area contributed by atoms with Crippen molar-refractivity contribution in [3.8, 4) is 5.75 Å². The number of nitrogens with one attached hydrogen (secondary N) is 1. The number of nitrogens with zero attached hydrogens (tertiary/aromatic N) is 2. The first kappa shape index (κ1) is 20.4. The predicted octanol–water partition coefficient (Wildman–Crippen LogP) is 4.97. The number of halogens is 1. The number of benzene rings is 2. The molecule has 3 rings (SSSR count). The molecule has 0 aliphatic carbocycles. The van der Waals surface area contributed by atoms with Crippen LogP contribution in [0.1, 0.15) is 25.0 Å². The van der Waals surface area contributed by atoms with Crippen LogP contribution < -0.4 is 10.1 Å².